The molecular weight excluding hydrogens is 347 g/mol. The van der Waals surface area contributed by atoms with Crippen LogP contribution in [0, 0.1) is 5.82 Å². The summed E-state index contributed by atoms with van der Waals surface area (Å²) in [5, 5.41) is 6.08. The van der Waals surface area contributed by atoms with Crippen LogP contribution in [0.4, 0.5) is 4.39 Å². The summed E-state index contributed by atoms with van der Waals surface area (Å²) in [5.41, 5.74) is 0.887. The van der Waals surface area contributed by atoms with Gasteiger partial charge >= 0.3 is 0 Å². The van der Waals surface area contributed by atoms with Crippen LogP contribution in [0.15, 0.2) is 29.3 Å². The van der Waals surface area contributed by atoms with Crippen molar-refractivity contribution < 1.29 is 17.5 Å². The second-order valence-corrected chi connectivity index (χ2v) is 7.72. The van der Waals surface area contributed by atoms with E-state index >= 15 is 0 Å². The summed E-state index contributed by atoms with van der Waals surface area (Å²) in [6.07, 6.45) is 0.643. The molecule has 0 unspecified atom stereocenters. The highest BCUT2D eigenvalue weighted by Gasteiger charge is 2.23. The molecule has 7 nitrogen and oxygen atoms in total. The second kappa shape index (κ2) is 9.69. The van der Waals surface area contributed by atoms with Crippen molar-refractivity contribution in [1.82, 2.24) is 14.9 Å². The fourth-order valence-electron chi connectivity index (χ4n) is 2.49. The molecule has 0 aliphatic carbocycles. The second-order valence-electron chi connectivity index (χ2n) is 5.63. The summed E-state index contributed by atoms with van der Waals surface area (Å²) >= 11 is 0. The molecule has 1 saturated heterocycles. The van der Waals surface area contributed by atoms with Crippen LogP contribution in [0.25, 0.3) is 0 Å². The summed E-state index contributed by atoms with van der Waals surface area (Å²) in [7, 11) is -1.67. The van der Waals surface area contributed by atoms with E-state index in [1.165, 1.54) is 16.4 Å². The van der Waals surface area contributed by atoms with Crippen molar-refractivity contribution in [3.8, 4) is 0 Å². The lowest BCUT2D eigenvalue weighted by Crippen LogP contribution is -2.45. The Morgan fingerprint density at radius 1 is 1.28 bits per heavy atom. The smallest absolute Gasteiger partial charge is 0.215 e. The maximum atomic E-state index is 13.1. The number of aliphatic imine (C=N–C) groups is 1. The van der Waals surface area contributed by atoms with Gasteiger partial charge < -0.3 is 15.4 Å². The Labute approximate surface area is 148 Å². The maximum Gasteiger partial charge on any atom is 0.215 e. The molecule has 1 heterocycles. The maximum absolute atomic E-state index is 13.1. The van der Waals surface area contributed by atoms with E-state index in [0.29, 0.717) is 45.2 Å². The third-order valence-corrected chi connectivity index (χ3v) is 5.71. The van der Waals surface area contributed by atoms with E-state index < -0.39 is 10.0 Å². The number of hydrogen-bond acceptors (Lipinski definition) is 4. The Hall–Kier alpha value is -1.71. The summed E-state index contributed by atoms with van der Waals surface area (Å²) in [5.74, 6) is 0.263. The van der Waals surface area contributed by atoms with Crippen molar-refractivity contribution in [2.24, 2.45) is 4.99 Å². The zero-order chi connectivity index (χ0) is 18.1. The number of nitrogens with zero attached hydrogens (tertiary/aromatic N) is 2. The minimum atomic E-state index is -3.29. The van der Waals surface area contributed by atoms with E-state index in [2.05, 4.69) is 15.6 Å². The lowest BCUT2D eigenvalue weighted by Gasteiger charge is -2.26. The first-order chi connectivity index (χ1) is 12.0. The minimum Gasteiger partial charge on any atom is -0.379 e. The topological polar surface area (TPSA) is 83.0 Å². The number of rotatable bonds is 7. The predicted octanol–water partition coefficient (Wildman–Crippen LogP) is 0.195. The molecule has 140 valence electrons. The van der Waals surface area contributed by atoms with Crippen molar-refractivity contribution in [1.29, 1.82) is 0 Å². The zero-order valence-electron chi connectivity index (χ0n) is 14.4. The van der Waals surface area contributed by atoms with Crippen LogP contribution in [-0.2, 0) is 21.2 Å². The first kappa shape index (κ1) is 19.6. The highest BCUT2D eigenvalue weighted by molar-refractivity contribution is 7.89. The number of ether oxygens (including phenoxy) is 1. The third-order valence-electron chi connectivity index (χ3n) is 3.83. The van der Waals surface area contributed by atoms with Gasteiger partial charge in [-0.2, -0.15) is 4.31 Å². The molecule has 0 saturated carbocycles. The largest absolute Gasteiger partial charge is 0.379 e. The number of halogens is 1. The average Bonchev–Trinajstić information content (AvgIpc) is 2.61. The standard InChI is InChI=1S/C16H25FN4O3S/c1-18-16(19-6-5-14-3-2-4-15(17)13-14)20-7-12-25(22,23)21-8-10-24-11-9-21/h2-4,13H,5-12H2,1H3,(H2,18,19,20). The summed E-state index contributed by atoms with van der Waals surface area (Å²) in [6.45, 7) is 2.52. The van der Waals surface area contributed by atoms with Crippen LogP contribution in [0.5, 0.6) is 0 Å². The molecule has 1 aromatic carbocycles. The molecule has 1 fully saturated rings. The Morgan fingerprint density at radius 3 is 2.68 bits per heavy atom. The van der Waals surface area contributed by atoms with Crippen molar-refractivity contribution in [2.75, 3.05) is 52.2 Å². The molecule has 0 radical (unpaired) electrons. The zero-order valence-corrected chi connectivity index (χ0v) is 15.2. The summed E-state index contributed by atoms with van der Waals surface area (Å²) in [6, 6.07) is 6.43. The summed E-state index contributed by atoms with van der Waals surface area (Å²) in [4.78, 5) is 4.06. The third kappa shape index (κ3) is 6.60. The molecule has 1 aromatic rings. The van der Waals surface area contributed by atoms with Gasteiger partial charge in [0.2, 0.25) is 10.0 Å². The van der Waals surface area contributed by atoms with E-state index in [9.17, 15) is 12.8 Å². The number of morpholine rings is 1. The number of guanidine groups is 1. The van der Waals surface area contributed by atoms with Gasteiger partial charge in [0.15, 0.2) is 5.96 Å². The van der Waals surface area contributed by atoms with Crippen molar-refractivity contribution >= 4 is 16.0 Å². The van der Waals surface area contributed by atoms with Crippen molar-refractivity contribution in [3.63, 3.8) is 0 Å². The van der Waals surface area contributed by atoms with E-state index in [-0.39, 0.29) is 18.1 Å². The molecule has 0 aromatic heterocycles. The van der Waals surface area contributed by atoms with Gasteiger partial charge in [0.1, 0.15) is 5.82 Å². The SMILES string of the molecule is CN=C(NCCc1cccc(F)c1)NCCS(=O)(=O)N1CCOCC1. The van der Waals surface area contributed by atoms with Gasteiger partial charge in [-0.05, 0) is 24.1 Å². The van der Waals surface area contributed by atoms with Crippen LogP contribution in [-0.4, -0.2) is 70.9 Å². The fourth-order valence-corrected chi connectivity index (χ4v) is 3.81. The lowest BCUT2D eigenvalue weighted by molar-refractivity contribution is 0.0730. The Morgan fingerprint density at radius 2 is 2.00 bits per heavy atom. The van der Waals surface area contributed by atoms with Crippen molar-refractivity contribution in [2.45, 2.75) is 6.42 Å². The first-order valence-electron chi connectivity index (χ1n) is 8.26. The molecular formula is C16H25FN4O3S. The molecule has 2 rings (SSSR count). The van der Waals surface area contributed by atoms with E-state index in [0.717, 1.165) is 5.56 Å². The Bertz CT molecular complexity index is 676. The molecule has 0 bridgehead atoms. The van der Waals surface area contributed by atoms with Gasteiger partial charge in [-0.25, -0.2) is 12.8 Å². The molecule has 9 heteroatoms. The predicted molar refractivity (Wildman–Crippen MR) is 95.6 cm³/mol. The number of benzene rings is 1. The number of sulfonamides is 1. The normalized spacial score (nSPS) is 16.6. The van der Waals surface area contributed by atoms with Gasteiger partial charge in [0.05, 0.1) is 19.0 Å². The van der Waals surface area contributed by atoms with Gasteiger partial charge in [-0.1, -0.05) is 12.1 Å². The van der Waals surface area contributed by atoms with Gasteiger partial charge in [0.25, 0.3) is 0 Å². The van der Waals surface area contributed by atoms with Crippen LogP contribution in [0.2, 0.25) is 0 Å². The van der Waals surface area contributed by atoms with Crippen LogP contribution >= 0.6 is 0 Å². The Kier molecular flexibility index (Phi) is 7.60. The van der Waals surface area contributed by atoms with E-state index in [4.69, 9.17) is 4.74 Å². The molecule has 1 aliphatic rings. The van der Waals surface area contributed by atoms with Crippen molar-refractivity contribution in [3.05, 3.63) is 35.6 Å². The van der Waals surface area contributed by atoms with Crippen LogP contribution < -0.4 is 10.6 Å². The number of nitrogens with one attached hydrogen (secondary N) is 2. The minimum absolute atomic E-state index is 0.00238. The van der Waals surface area contributed by atoms with E-state index in [1.54, 1.807) is 13.1 Å². The summed E-state index contributed by atoms with van der Waals surface area (Å²) < 4.78 is 44.2. The van der Waals surface area contributed by atoms with Gasteiger partial charge in [-0.3, -0.25) is 4.99 Å². The lowest BCUT2D eigenvalue weighted by atomic mass is 10.1. The molecule has 25 heavy (non-hydrogen) atoms. The van der Waals surface area contributed by atoms with Crippen LogP contribution in [0.1, 0.15) is 5.56 Å². The molecule has 0 atom stereocenters. The van der Waals surface area contributed by atoms with Crippen LogP contribution in [0.3, 0.4) is 0 Å². The highest BCUT2D eigenvalue weighted by atomic mass is 32.2. The quantitative estimate of drug-likeness (QED) is 0.528. The Balaban J connectivity index is 1.71. The van der Waals surface area contributed by atoms with Gasteiger partial charge in [-0.15, -0.1) is 0 Å². The first-order valence-corrected chi connectivity index (χ1v) is 9.87. The molecule has 2 N–H and O–H groups in total. The van der Waals surface area contributed by atoms with E-state index in [1.807, 2.05) is 6.07 Å². The fraction of sp³-hybridized carbons (Fsp3) is 0.562. The average molecular weight is 372 g/mol. The van der Waals surface area contributed by atoms with Gasteiger partial charge in [0, 0.05) is 33.2 Å². The number of hydrogen-bond donors (Lipinski definition) is 2. The highest BCUT2D eigenvalue weighted by Crippen LogP contribution is 2.05. The molecule has 0 spiro atoms. The molecule has 1 aliphatic heterocycles. The molecule has 0 amide bonds. The monoisotopic (exact) mass is 372 g/mol.